The van der Waals surface area contributed by atoms with Crippen LogP contribution < -0.4 is 24.7 Å². The van der Waals surface area contributed by atoms with E-state index in [2.05, 4.69) is 9.88 Å². The second-order valence-corrected chi connectivity index (χ2v) is 8.48. The van der Waals surface area contributed by atoms with Gasteiger partial charge in [-0.2, -0.15) is 4.52 Å². The van der Waals surface area contributed by atoms with Gasteiger partial charge >= 0.3 is 0 Å². The molecule has 166 valence electrons. The van der Waals surface area contributed by atoms with Gasteiger partial charge in [0.05, 0.1) is 5.48 Å². The Hall–Kier alpha value is -3.29. The number of hydrogen-bond acceptors (Lipinski definition) is 7. The van der Waals surface area contributed by atoms with Crippen LogP contribution in [0.2, 0.25) is 0 Å². The van der Waals surface area contributed by atoms with Crippen LogP contribution in [-0.2, 0) is 0 Å². The smallest absolute Gasteiger partial charge is 0.274 e. The molecule has 0 atom stereocenters. The fourth-order valence-electron chi connectivity index (χ4n) is 4.54. The molecule has 4 heterocycles. The maximum Gasteiger partial charge on any atom is 0.274 e. The van der Waals surface area contributed by atoms with Crippen LogP contribution in [0.25, 0.3) is 5.65 Å². The first-order chi connectivity index (χ1) is 17.1. The van der Waals surface area contributed by atoms with Gasteiger partial charge in [0.15, 0.2) is 23.0 Å². The fourth-order valence-corrected chi connectivity index (χ4v) is 4.54. The lowest BCUT2D eigenvalue weighted by Crippen LogP contribution is -2.40. The van der Waals surface area contributed by atoms with Crippen LogP contribution >= 0.6 is 0 Å². The van der Waals surface area contributed by atoms with Crippen molar-refractivity contribution in [1.82, 2.24) is 14.6 Å². The first kappa shape index (κ1) is 15.5. The highest BCUT2D eigenvalue weighted by Crippen LogP contribution is 2.46. The van der Waals surface area contributed by atoms with Gasteiger partial charge < -0.3 is 19.1 Å². The molecule has 6 rings (SSSR count). The number of fused-ring (bicyclic) bond motifs is 2. The van der Waals surface area contributed by atoms with Gasteiger partial charge in [0.1, 0.15) is 25.0 Å². The highest BCUT2D eigenvalue weighted by Gasteiger charge is 2.33. The second-order valence-electron chi connectivity index (χ2n) is 8.48. The summed E-state index contributed by atoms with van der Waals surface area (Å²) < 4.78 is 48.9. The molecule has 8 heteroatoms. The van der Waals surface area contributed by atoms with Gasteiger partial charge in [-0.25, -0.2) is 4.98 Å². The number of ether oxygens (including phenoxy) is 3. The highest BCUT2D eigenvalue weighted by atomic mass is 16.6. The lowest BCUT2D eigenvalue weighted by Gasteiger charge is -2.34. The van der Waals surface area contributed by atoms with Crippen molar-refractivity contribution in [2.75, 3.05) is 31.1 Å². The van der Waals surface area contributed by atoms with E-state index in [1.165, 1.54) is 34.5 Å². The summed E-state index contributed by atoms with van der Waals surface area (Å²) in [6.07, 6.45) is 5.18. The molecule has 2 aromatic heterocycles. The van der Waals surface area contributed by atoms with Gasteiger partial charge in [-0.15, -0.1) is 5.10 Å². The molecule has 1 aliphatic carbocycles. The molecule has 0 amide bonds. The molecule has 1 saturated carbocycles. The van der Waals surface area contributed by atoms with Gasteiger partial charge in [0.25, 0.3) is 5.56 Å². The van der Waals surface area contributed by atoms with Crippen molar-refractivity contribution >= 4 is 11.5 Å². The molecule has 0 spiro atoms. The summed E-state index contributed by atoms with van der Waals surface area (Å²) in [4.78, 5) is 19.1. The zero-order valence-corrected chi connectivity index (χ0v) is 17.7. The Labute approximate surface area is 191 Å². The summed E-state index contributed by atoms with van der Waals surface area (Å²) in [7, 11) is 0. The van der Waals surface area contributed by atoms with E-state index >= 15 is 0 Å². The zero-order chi connectivity index (χ0) is 25.2. The zero-order valence-electron chi connectivity index (χ0n) is 21.7. The van der Waals surface area contributed by atoms with E-state index in [4.69, 9.17) is 24.8 Å². The number of rotatable bonds is 4. The summed E-state index contributed by atoms with van der Waals surface area (Å²) >= 11 is 0. The lowest BCUT2D eigenvalue weighted by atomic mass is 10.0. The normalized spacial score (nSPS) is 23.7. The molecular weight excluding hydrogens is 408 g/mol. The lowest BCUT2D eigenvalue weighted by molar-refractivity contribution is 0.159. The monoisotopic (exact) mass is 438 g/mol. The van der Waals surface area contributed by atoms with Gasteiger partial charge in [0, 0.05) is 55.4 Å². The van der Waals surface area contributed by atoms with Crippen LogP contribution in [0.3, 0.4) is 0 Å². The Balaban J connectivity index is 1.19. The molecule has 2 aliphatic heterocycles. The number of piperidine rings is 1. The standard InChI is InChI=1S/C24H26N4O4/c1-15-22(16-2-3-16)24(26-28-21(29)6-9-25-23(15)28)27-10-7-17(8-11-27)32-18-4-5-19-20(14-18)31-13-12-30-19/h4-6,9,14,16-17H,2-3,7-8,10-13H2,1H3/i12D2,13D2. The van der Waals surface area contributed by atoms with Crippen LogP contribution in [0, 0.1) is 6.92 Å². The van der Waals surface area contributed by atoms with Crippen molar-refractivity contribution in [2.24, 2.45) is 0 Å². The Morgan fingerprint density at radius 1 is 1.09 bits per heavy atom. The second kappa shape index (κ2) is 7.69. The van der Waals surface area contributed by atoms with Crippen LogP contribution in [0.15, 0.2) is 35.3 Å². The SMILES string of the molecule is [2H]C1([2H])Oc2ccc(OC3CCN(c4nn5c(=O)ccnc5c(C)c4C4CC4)CC3)cc2OC1([2H])[2H]. The van der Waals surface area contributed by atoms with E-state index in [1.807, 2.05) is 6.92 Å². The van der Waals surface area contributed by atoms with Gasteiger partial charge in [-0.1, -0.05) is 0 Å². The number of aromatic nitrogens is 3. The molecule has 0 radical (unpaired) electrons. The van der Waals surface area contributed by atoms with Gasteiger partial charge in [0.2, 0.25) is 0 Å². The molecular formula is C24H26N4O4. The molecule has 8 nitrogen and oxygen atoms in total. The summed E-state index contributed by atoms with van der Waals surface area (Å²) in [6, 6.07) is 6.16. The molecule has 3 aliphatic rings. The third-order valence-electron chi connectivity index (χ3n) is 6.31. The Morgan fingerprint density at radius 3 is 2.66 bits per heavy atom. The van der Waals surface area contributed by atoms with Crippen molar-refractivity contribution in [3.8, 4) is 17.2 Å². The maximum atomic E-state index is 12.5. The van der Waals surface area contributed by atoms with Gasteiger partial charge in [-0.3, -0.25) is 4.79 Å². The average Bonchev–Trinajstić information content (AvgIpc) is 3.66. The number of nitrogens with zero attached hydrogens (tertiary/aromatic N) is 4. The van der Waals surface area contributed by atoms with Crippen LogP contribution in [-0.4, -0.2) is 46.9 Å². The van der Waals surface area contributed by atoms with E-state index < -0.39 is 13.1 Å². The predicted octanol–water partition coefficient (Wildman–Crippen LogP) is 3.09. The fraction of sp³-hybridized carbons (Fsp3) is 0.458. The minimum absolute atomic E-state index is 0.0673. The Morgan fingerprint density at radius 2 is 1.88 bits per heavy atom. The van der Waals surface area contributed by atoms with Crippen LogP contribution in [0.4, 0.5) is 5.82 Å². The van der Waals surface area contributed by atoms with E-state index in [9.17, 15) is 4.79 Å². The molecule has 0 N–H and O–H groups in total. The van der Waals surface area contributed by atoms with E-state index in [0.717, 1.165) is 37.1 Å². The van der Waals surface area contributed by atoms with Crippen molar-refractivity contribution in [3.63, 3.8) is 0 Å². The molecule has 3 aromatic rings. The largest absolute Gasteiger partial charge is 0.490 e. The number of anilines is 1. The Bertz CT molecular complexity index is 1400. The third kappa shape index (κ3) is 3.43. The van der Waals surface area contributed by atoms with Crippen molar-refractivity contribution in [3.05, 3.63) is 51.9 Å². The van der Waals surface area contributed by atoms with Crippen LogP contribution in [0.5, 0.6) is 17.2 Å². The quantitative estimate of drug-likeness (QED) is 0.619. The first-order valence-corrected chi connectivity index (χ1v) is 11.0. The van der Waals surface area contributed by atoms with E-state index in [1.54, 1.807) is 6.07 Å². The first-order valence-electron chi connectivity index (χ1n) is 13.0. The summed E-state index contributed by atoms with van der Waals surface area (Å²) in [6.45, 7) is -1.77. The molecule has 32 heavy (non-hydrogen) atoms. The number of hydrogen-bond donors (Lipinski definition) is 0. The molecule has 2 fully saturated rings. The van der Waals surface area contributed by atoms with Gasteiger partial charge in [-0.05, 0) is 37.8 Å². The number of aryl methyl sites for hydroxylation is 1. The Kier molecular flexibility index (Phi) is 3.72. The van der Waals surface area contributed by atoms with Crippen LogP contribution in [0.1, 0.15) is 48.2 Å². The topological polar surface area (TPSA) is 78.2 Å². The minimum Gasteiger partial charge on any atom is -0.490 e. The van der Waals surface area contributed by atoms with E-state index in [-0.39, 0.29) is 23.2 Å². The summed E-state index contributed by atoms with van der Waals surface area (Å²) in [5, 5.41) is 4.73. The van der Waals surface area contributed by atoms with Crippen molar-refractivity contribution in [2.45, 2.75) is 44.6 Å². The third-order valence-corrected chi connectivity index (χ3v) is 6.31. The maximum absolute atomic E-state index is 12.5. The molecule has 0 bridgehead atoms. The minimum atomic E-state index is -2.62. The predicted molar refractivity (Wildman–Crippen MR) is 119 cm³/mol. The van der Waals surface area contributed by atoms with E-state index in [0.29, 0.717) is 30.4 Å². The molecule has 0 unspecified atom stereocenters. The molecule has 1 saturated heterocycles. The molecule has 1 aromatic carbocycles. The summed E-state index contributed by atoms with van der Waals surface area (Å²) in [5.74, 6) is 2.05. The average molecular weight is 439 g/mol. The highest BCUT2D eigenvalue weighted by molar-refractivity contribution is 5.62. The van der Waals surface area contributed by atoms with Crippen molar-refractivity contribution in [1.29, 1.82) is 0 Å². The summed E-state index contributed by atoms with van der Waals surface area (Å²) in [5.41, 5.74) is 2.62. The number of benzene rings is 1. The van der Waals surface area contributed by atoms with Crippen molar-refractivity contribution < 1.29 is 19.7 Å².